The van der Waals surface area contributed by atoms with Crippen molar-refractivity contribution >= 4 is 16.3 Å². The molecular formula is C11H12FNO3S. The lowest BCUT2D eigenvalue weighted by molar-refractivity contribution is 0.111. The monoisotopic (exact) mass is 257 g/mol. The number of benzene rings is 1. The highest BCUT2D eigenvalue weighted by Gasteiger charge is 2.27. The quantitative estimate of drug-likeness (QED) is 0.770. The molecule has 0 amide bonds. The van der Waals surface area contributed by atoms with Crippen LogP contribution in [-0.2, 0) is 10.0 Å². The third kappa shape index (κ3) is 2.23. The van der Waals surface area contributed by atoms with Crippen LogP contribution < -0.4 is 0 Å². The Hall–Kier alpha value is -1.27. The van der Waals surface area contributed by atoms with Crippen molar-refractivity contribution in [3.05, 3.63) is 29.6 Å². The first-order chi connectivity index (χ1) is 8.05. The zero-order valence-electron chi connectivity index (χ0n) is 9.10. The fourth-order valence-electron chi connectivity index (χ4n) is 1.84. The molecule has 4 nitrogen and oxygen atoms in total. The Bertz CT molecular complexity index is 536. The normalized spacial score (nSPS) is 17.2. The van der Waals surface area contributed by atoms with E-state index in [2.05, 4.69) is 0 Å². The highest BCUT2D eigenvalue weighted by Crippen LogP contribution is 2.22. The van der Waals surface area contributed by atoms with Crippen LogP contribution >= 0.6 is 0 Å². The molecule has 0 spiro atoms. The number of aldehydes is 1. The van der Waals surface area contributed by atoms with Gasteiger partial charge >= 0.3 is 0 Å². The zero-order valence-corrected chi connectivity index (χ0v) is 9.91. The van der Waals surface area contributed by atoms with Crippen LogP contribution in [0.15, 0.2) is 23.1 Å². The Morgan fingerprint density at radius 2 is 1.88 bits per heavy atom. The molecule has 6 heteroatoms. The largest absolute Gasteiger partial charge is 0.298 e. The average molecular weight is 257 g/mol. The maximum atomic E-state index is 13.4. The lowest BCUT2D eigenvalue weighted by Crippen LogP contribution is -2.27. The molecule has 0 unspecified atom stereocenters. The summed E-state index contributed by atoms with van der Waals surface area (Å²) < 4.78 is 38.8. The molecule has 0 atom stereocenters. The Morgan fingerprint density at radius 1 is 1.24 bits per heavy atom. The molecule has 0 radical (unpaired) electrons. The predicted molar refractivity (Wildman–Crippen MR) is 59.8 cm³/mol. The molecule has 1 aliphatic rings. The Balaban J connectivity index is 2.39. The second kappa shape index (κ2) is 4.54. The molecule has 1 aromatic carbocycles. The van der Waals surface area contributed by atoms with Crippen molar-refractivity contribution in [3.8, 4) is 0 Å². The smallest absolute Gasteiger partial charge is 0.243 e. The van der Waals surface area contributed by atoms with Crippen molar-refractivity contribution < 1.29 is 17.6 Å². The van der Waals surface area contributed by atoms with Gasteiger partial charge in [-0.25, -0.2) is 12.8 Å². The van der Waals surface area contributed by atoms with Gasteiger partial charge in [0.2, 0.25) is 10.0 Å². The van der Waals surface area contributed by atoms with Crippen molar-refractivity contribution in [2.45, 2.75) is 17.7 Å². The summed E-state index contributed by atoms with van der Waals surface area (Å²) in [6.07, 6.45) is 2.02. The van der Waals surface area contributed by atoms with Gasteiger partial charge in [-0.1, -0.05) is 0 Å². The third-order valence-electron chi connectivity index (χ3n) is 2.80. The maximum absolute atomic E-state index is 13.4. The van der Waals surface area contributed by atoms with Gasteiger partial charge in [0.25, 0.3) is 0 Å². The molecule has 92 valence electrons. The lowest BCUT2D eigenvalue weighted by atomic mass is 10.2. The summed E-state index contributed by atoms with van der Waals surface area (Å²) in [5.41, 5.74) is -0.134. The van der Waals surface area contributed by atoms with Crippen LogP contribution in [0, 0.1) is 5.82 Å². The molecule has 0 N–H and O–H groups in total. The highest BCUT2D eigenvalue weighted by atomic mass is 32.2. The van der Waals surface area contributed by atoms with Crippen LogP contribution in [0.2, 0.25) is 0 Å². The number of hydrogen-bond donors (Lipinski definition) is 0. The van der Waals surface area contributed by atoms with Crippen molar-refractivity contribution in [1.82, 2.24) is 4.31 Å². The number of carbonyl (C=O) groups is 1. The van der Waals surface area contributed by atoms with E-state index in [-0.39, 0.29) is 10.5 Å². The minimum atomic E-state index is -3.61. The molecule has 1 aliphatic heterocycles. The summed E-state index contributed by atoms with van der Waals surface area (Å²) in [6.45, 7) is 0.943. The molecule has 0 aromatic heterocycles. The number of sulfonamides is 1. The van der Waals surface area contributed by atoms with E-state index in [9.17, 15) is 17.6 Å². The summed E-state index contributed by atoms with van der Waals surface area (Å²) in [4.78, 5) is 10.3. The maximum Gasteiger partial charge on any atom is 0.243 e. The van der Waals surface area contributed by atoms with Gasteiger partial charge in [-0.05, 0) is 31.0 Å². The Morgan fingerprint density at radius 3 is 2.41 bits per heavy atom. The van der Waals surface area contributed by atoms with E-state index in [1.165, 1.54) is 16.4 Å². The van der Waals surface area contributed by atoms with Crippen LogP contribution in [0.4, 0.5) is 4.39 Å². The highest BCUT2D eigenvalue weighted by molar-refractivity contribution is 7.89. The number of hydrogen-bond acceptors (Lipinski definition) is 3. The molecule has 0 saturated carbocycles. The van der Waals surface area contributed by atoms with E-state index in [0.29, 0.717) is 19.4 Å². The Labute approximate surface area is 99.1 Å². The molecule has 1 aromatic rings. The zero-order chi connectivity index (χ0) is 12.5. The lowest BCUT2D eigenvalue weighted by Gasteiger charge is -2.15. The van der Waals surface area contributed by atoms with Crippen LogP contribution in [0.5, 0.6) is 0 Å². The predicted octanol–water partition coefficient (Wildman–Crippen LogP) is 1.42. The number of nitrogens with zero attached hydrogens (tertiary/aromatic N) is 1. The van der Waals surface area contributed by atoms with Gasteiger partial charge in [-0.3, -0.25) is 4.79 Å². The SMILES string of the molecule is O=Cc1ccc(S(=O)(=O)N2CCCC2)cc1F. The summed E-state index contributed by atoms with van der Waals surface area (Å²) in [7, 11) is -3.61. The van der Waals surface area contributed by atoms with Gasteiger partial charge < -0.3 is 0 Å². The molecule has 1 heterocycles. The van der Waals surface area contributed by atoms with E-state index in [0.717, 1.165) is 18.9 Å². The van der Waals surface area contributed by atoms with Gasteiger partial charge in [-0.15, -0.1) is 0 Å². The van der Waals surface area contributed by atoms with E-state index in [1.807, 2.05) is 0 Å². The van der Waals surface area contributed by atoms with E-state index >= 15 is 0 Å². The van der Waals surface area contributed by atoms with Gasteiger partial charge in [0.15, 0.2) is 6.29 Å². The number of rotatable bonds is 3. The van der Waals surface area contributed by atoms with Crippen LogP contribution in [0.25, 0.3) is 0 Å². The topological polar surface area (TPSA) is 54.5 Å². The second-order valence-electron chi connectivity index (χ2n) is 3.91. The van der Waals surface area contributed by atoms with Crippen molar-refractivity contribution in [3.63, 3.8) is 0 Å². The van der Waals surface area contributed by atoms with Crippen molar-refractivity contribution in [2.75, 3.05) is 13.1 Å². The van der Waals surface area contributed by atoms with Gasteiger partial charge in [0, 0.05) is 13.1 Å². The molecular weight excluding hydrogens is 245 g/mol. The minimum absolute atomic E-state index is 0.0949. The fraction of sp³-hybridized carbons (Fsp3) is 0.364. The molecule has 0 aliphatic carbocycles. The van der Waals surface area contributed by atoms with Crippen LogP contribution in [0.3, 0.4) is 0 Å². The molecule has 1 saturated heterocycles. The fourth-order valence-corrected chi connectivity index (χ4v) is 3.37. The first-order valence-corrected chi connectivity index (χ1v) is 6.74. The van der Waals surface area contributed by atoms with Crippen molar-refractivity contribution in [1.29, 1.82) is 0 Å². The first kappa shape index (κ1) is 12.2. The summed E-state index contributed by atoms with van der Waals surface area (Å²) in [6, 6.07) is 3.35. The molecule has 0 bridgehead atoms. The van der Waals surface area contributed by atoms with Crippen LogP contribution in [0.1, 0.15) is 23.2 Å². The van der Waals surface area contributed by atoms with E-state index in [4.69, 9.17) is 0 Å². The van der Waals surface area contributed by atoms with Gasteiger partial charge in [0.05, 0.1) is 10.5 Å². The second-order valence-corrected chi connectivity index (χ2v) is 5.85. The average Bonchev–Trinajstić information content (AvgIpc) is 2.83. The molecule has 2 rings (SSSR count). The molecule has 1 fully saturated rings. The van der Waals surface area contributed by atoms with Crippen molar-refractivity contribution in [2.24, 2.45) is 0 Å². The van der Waals surface area contributed by atoms with Crippen LogP contribution in [-0.4, -0.2) is 32.1 Å². The van der Waals surface area contributed by atoms with E-state index < -0.39 is 15.8 Å². The third-order valence-corrected chi connectivity index (χ3v) is 4.70. The summed E-state index contributed by atoms with van der Waals surface area (Å²) in [5, 5.41) is 0. The summed E-state index contributed by atoms with van der Waals surface area (Å²) in [5.74, 6) is -0.805. The summed E-state index contributed by atoms with van der Waals surface area (Å²) >= 11 is 0. The van der Waals surface area contributed by atoms with Gasteiger partial charge in [-0.2, -0.15) is 4.31 Å². The number of carbonyl (C=O) groups excluding carboxylic acids is 1. The first-order valence-electron chi connectivity index (χ1n) is 5.30. The number of halogens is 1. The standard InChI is InChI=1S/C11H12FNO3S/c12-11-7-10(4-3-9(11)8-14)17(15,16)13-5-1-2-6-13/h3-4,7-8H,1-2,5-6H2. The van der Waals surface area contributed by atoms with E-state index in [1.54, 1.807) is 0 Å². The molecule has 17 heavy (non-hydrogen) atoms. The minimum Gasteiger partial charge on any atom is -0.298 e. The Kier molecular flexibility index (Phi) is 3.26. The van der Waals surface area contributed by atoms with Gasteiger partial charge in [0.1, 0.15) is 5.82 Å².